The van der Waals surface area contributed by atoms with E-state index in [1.807, 2.05) is 13.0 Å². The molecule has 1 heterocycles. The van der Waals surface area contributed by atoms with Crippen LogP contribution < -0.4 is 9.47 Å². The lowest BCUT2D eigenvalue weighted by Gasteiger charge is -2.23. The van der Waals surface area contributed by atoms with E-state index in [1.54, 1.807) is 0 Å². The molecule has 1 amide bonds. The van der Waals surface area contributed by atoms with Crippen LogP contribution in [-0.2, 0) is 16.1 Å². The van der Waals surface area contributed by atoms with Gasteiger partial charge in [-0.3, -0.25) is 9.59 Å². The van der Waals surface area contributed by atoms with Crippen molar-refractivity contribution in [3.63, 3.8) is 0 Å². The number of phenolic OH excluding ortho intramolecular Hbond substituents is 1. The largest absolute Gasteiger partial charge is 0.504 e. The average molecular weight is 530 g/mol. The van der Waals surface area contributed by atoms with E-state index in [2.05, 4.69) is 32.9 Å². The normalized spacial score (nSPS) is 14.2. The number of phenols is 1. The summed E-state index contributed by atoms with van der Waals surface area (Å²) in [6, 6.07) is 0.0820. The zero-order valence-corrected chi connectivity index (χ0v) is 22.9. The number of carboxylic acid groups (broad SMARTS) is 2. The lowest BCUT2D eigenvalue weighted by molar-refractivity contribution is -0.143. The van der Waals surface area contributed by atoms with Gasteiger partial charge in [0.25, 0.3) is 5.91 Å². The Bertz CT molecular complexity index is 1130. The first-order chi connectivity index (χ1) is 18.0. The van der Waals surface area contributed by atoms with Crippen molar-refractivity contribution in [1.82, 2.24) is 4.90 Å². The number of carbonyl (C=O) groups is 3. The van der Waals surface area contributed by atoms with E-state index >= 15 is 0 Å². The maximum absolute atomic E-state index is 12.9. The molecule has 0 radical (unpaired) electrons. The SMILES string of the molecule is COc1cc2c(c(O)c1OC/C=C(\C)CC/C=C(/C)CCC=C(C)C)CN([C@@H](CCC(=O)O)C(=O)O)C2=O. The third kappa shape index (κ3) is 8.39. The molecule has 208 valence electrons. The summed E-state index contributed by atoms with van der Waals surface area (Å²) in [5.41, 5.74) is 4.14. The smallest absolute Gasteiger partial charge is 0.326 e. The number of nitrogens with zero attached hydrogens (tertiary/aromatic N) is 1. The summed E-state index contributed by atoms with van der Waals surface area (Å²) in [4.78, 5) is 36.7. The number of carbonyl (C=O) groups excluding carboxylic acids is 1. The van der Waals surface area contributed by atoms with E-state index in [9.17, 15) is 24.6 Å². The van der Waals surface area contributed by atoms with Gasteiger partial charge in [0.15, 0.2) is 11.5 Å². The van der Waals surface area contributed by atoms with Crippen LogP contribution >= 0.6 is 0 Å². The zero-order valence-electron chi connectivity index (χ0n) is 22.9. The molecule has 9 heteroatoms. The van der Waals surface area contributed by atoms with E-state index in [1.165, 1.54) is 24.3 Å². The Labute approximate surface area is 224 Å². The van der Waals surface area contributed by atoms with Gasteiger partial charge in [-0.2, -0.15) is 0 Å². The minimum absolute atomic E-state index is 0.0670. The maximum atomic E-state index is 12.9. The molecule has 0 saturated heterocycles. The van der Waals surface area contributed by atoms with E-state index in [4.69, 9.17) is 14.6 Å². The molecule has 1 atom stereocenters. The number of aliphatic carboxylic acids is 2. The van der Waals surface area contributed by atoms with Crippen LogP contribution in [0.3, 0.4) is 0 Å². The molecule has 0 bridgehead atoms. The molecule has 2 rings (SSSR count). The van der Waals surface area contributed by atoms with E-state index in [-0.39, 0.29) is 47.9 Å². The van der Waals surface area contributed by atoms with E-state index in [0.29, 0.717) is 0 Å². The second-order valence-corrected chi connectivity index (χ2v) is 9.77. The number of rotatable bonds is 15. The van der Waals surface area contributed by atoms with Gasteiger partial charge in [-0.25, -0.2) is 4.79 Å². The Hall–Kier alpha value is -3.75. The highest BCUT2D eigenvalue weighted by Crippen LogP contribution is 2.45. The third-order valence-corrected chi connectivity index (χ3v) is 6.44. The molecule has 0 saturated carbocycles. The third-order valence-electron chi connectivity index (χ3n) is 6.44. The van der Waals surface area contributed by atoms with Gasteiger partial charge in [-0.05, 0) is 71.9 Å². The zero-order chi connectivity index (χ0) is 28.4. The number of amides is 1. The number of methoxy groups -OCH3 is 1. The molecule has 38 heavy (non-hydrogen) atoms. The summed E-state index contributed by atoms with van der Waals surface area (Å²) in [5.74, 6) is -3.16. The van der Waals surface area contributed by atoms with Crippen LogP contribution in [0.15, 0.2) is 41.0 Å². The van der Waals surface area contributed by atoms with Gasteiger partial charge >= 0.3 is 11.9 Å². The number of hydrogen-bond acceptors (Lipinski definition) is 6. The molecule has 1 aromatic carbocycles. The number of carboxylic acids is 2. The number of fused-ring (bicyclic) bond motifs is 1. The minimum atomic E-state index is -1.34. The van der Waals surface area contributed by atoms with Crippen molar-refractivity contribution >= 4 is 17.8 Å². The van der Waals surface area contributed by atoms with Gasteiger partial charge in [-0.15, -0.1) is 0 Å². The summed E-state index contributed by atoms with van der Waals surface area (Å²) in [6.07, 6.45) is 9.62. The summed E-state index contributed by atoms with van der Waals surface area (Å²) >= 11 is 0. The van der Waals surface area contributed by atoms with Gasteiger partial charge < -0.3 is 29.7 Å². The molecule has 0 fully saturated rings. The Balaban J connectivity index is 2.08. The first-order valence-corrected chi connectivity index (χ1v) is 12.7. The van der Waals surface area contributed by atoms with Crippen LogP contribution in [0.1, 0.15) is 82.1 Å². The molecule has 0 unspecified atom stereocenters. The molecule has 1 aromatic rings. The van der Waals surface area contributed by atoms with Crippen LogP contribution in [-0.4, -0.2) is 57.8 Å². The van der Waals surface area contributed by atoms with Crippen LogP contribution in [0, 0.1) is 0 Å². The van der Waals surface area contributed by atoms with Gasteiger partial charge in [0, 0.05) is 12.0 Å². The van der Waals surface area contributed by atoms with Crippen molar-refractivity contribution in [2.24, 2.45) is 0 Å². The number of aromatic hydroxyl groups is 1. The van der Waals surface area contributed by atoms with Crippen molar-refractivity contribution in [2.45, 2.75) is 78.8 Å². The van der Waals surface area contributed by atoms with Gasteiger partial charge in [-0.1, -0.05) is 28.9 Å². The number of ether oxygens (including phenoxy) is 2. The fourth-order valence-corrected chi connectivity index (χ4v) is 4.23. The predicted molar refractivity (Wildman–Crippen MR) is 144 cm³/mol. The predicted octanol–water partition coefficient (Wildman–Crippen LogP) is 5.47. The van der Waals surface area contributed by atoms with Gasteiger partial charge in [0.2, 0.25) is 5.75 Å². The quantitative estimate of drug-likeness (QED) is 0.255. The van der Waals surface area contributed by atoms with E-state index in [0.717, 1.165) is 36.2 Å². The molecule has 1 aliphatic heterocycles. The highest BCUT2D eigenvalue weighted by Gasteiger charge is 2.39. The highest BCUT2D eigenvalue weighted by atomic mass is 16.5. The Morgan fingerprint density at radius 3 is 2.24 bits per heavy atom. The van der Waals surface area contributed by atoms with Crippen molar-refractivity contribution in [1.29, 1.82) is 0 Å². The number of allylic oxidation sites excluding steroid dienone is 5. The van der Waals surface area contributed by atoms with Crippen LogP contribution in [0.4, 0.5) is 0 Å². The molecular formula is C29H39NO8. The van der Waals surface area contributed by atoms with E-state index < -0.39 is 30.3 Å². The molecule has 1 aliphatic rings. The maximum Gasteiger partial charge on any atom is 0.326 e. The number of benzene rings is 1. The van der Waals surface area contributed by atoms with Gasteiger partial charge in [0.1, 0.15) is 12.6 Å². The first kappa shape index (κ1) is 30.5. The molecule has 0 aliphatic carbocycles. The van der Waals surface area contributed by atoms with Gasteiger partial charge in [0.05, 0.1) is 19.2 Å². The average Bonchev–Trinajstić information content (AvgIpc) is 3.16. The molecular weight excluding hydrogens is 490 g/mol. The fraction of sp³-hybridized carbons (Fsp3) is 0.483. The van der Waals surface area contributed by atoms with Crippen LogP contribution in [0.5, 0.6) is 17.2 Å². The van der Waals surface area contributed by atoms with Crippen molar-refractivity contribution in [2.75, 3.05) is 13.7 Å². The summed E-state index contributed by atoms with van der Waals surface area (Å²) in [7, 11) is 1.38. The second-order valence-electron chi connectivity index (χ2n) is 9.77. The Morgan fingerprint density at radius 1 is 1.03 bits per heavy atom. The second kappa shape index (κ2) is 14.3. The Morgan fingerprint density at radius 2 is 1.66 bits per heavy atom. The monoisotopic (exact) mass is 529 g/mol. The fourth-order valence-electron chi connectivity index (χ4n) is 4.23. The molecule has 3 N–H and O–H groups in total. The lowest BCUT2D eigenvalue weighted by atomic mass is 10.1. The summed E-state index contributed by atoms with van der Waals surface area (Å²) in [5, 5.41) is 29.4. The number of hydrogen-bond donors (Lipinski definition) is 3. The lowest BCUT2D eigenvalue weighted by Crippen LogP contribution is -2.41. The summed E-state index contributed by atoms with van der Waals surface area (Å²) < 4.78 is 11.2. The molecule has 0 aromatic heterocycles. The molecule has 0 spiro atoms. The van der Waals surface area contributed by atoms with Crippen LogP contribution in [0.2, 0.25) is 0 Å². The highest BCUT2D eigenvalue weighted by molar-refractivity contribution is 6.02. The van der Waals surface area contributed by atoms with Crippen molar-refractivity contribution < 1.29 is 39.2 Å². The van der Waals surface area contributed by atoms with Crippen molar-refractivity contribution in [3.05, 3.63) is 52.1 Å². The molecule has 9 nitrogen and oxygen atoms in total. The minimum Gasteiger partial charge on any atom is -0.504 e. The van der Waals surface area contributed by atoms with Crippen molar-refractivity contribution in [3.8, 4) is 17.2 Å². The standard InChI is InChI=1S/C29H39NO8/c1-18(2)8-6-9-19(3)10-7-11-20(4)14-15-38-27-24(37-5)16-21-22(26(27)33)17-30(28(21)34)23(29(35)36)12-13-25(31)32/h8,10,14,16,23,33H,6-7,9,11-13,15,17H2,1-5H3,(H,31,32)(H,35,36)/b19-10-,20-14+/t23-/m0/s1. The van der Waals surface area contributed by atoms with Crippen LogP contribution in [0.25, 0.3) is 0 Å². The summed E-state index contributed by atoms with van der Waals surface area (Å²) in [6.45, 7) is 8.34. The topological polar surface area (TPSA) is 134 Å². The first-order valence-electron chi connectivity index (χ1n) is 12.7. The Kier molecular flexibility index (Phi) is 11.4.